The summed E-state index contributed by atoms with van der Waals surface area (Å²) in [6.45, 7) is 8.60. The van der Waals surface area contributed by atoms with Gasteiger partial charge in [0, 0.05) is 43.1 Å². The quantitative estimate of drug-likeness (QED) is 0.0158. The molecule has 0 heterocycles. The smallest absolute Gasteiger partial charge is 0.462 e. The van der Waals surface area contributed by atoms with Gasteiger partial charge in [0.15, 0.2) is 0 Å². The molecule has 0 aliphatic carbocycles. The molecule has 1 aromatic rings. The van der Waals surface area contributed by atoms with E-state index < -0.39 is 37.5 Å². The third kappa shape index (κ3) is 48.3. The summed E-state index contributed by atoms with van der Waals surface area (Å²) in [6, 6.07) is 5.81. The first-order valence-electron chi connectivity index (χ1n) is 33.1. The number of carbonyl (C=O) groups excluding carboxylic acids is 4. The molecule has 0 aliphatic rings. The zero-order chi connectivity index (χ0) is 59.3. The number of phosphoric acid groups is 1. The van der Waals surface area contributed by atoms with E-state index in [1.165, 1.54) is 190 Å². The molecule has 3 atom stereocenters. The fourth-order valence-electron chi connectivity index (χ4n) is 10.3. The molecular formula is C65H119N2O12PS. The Hall–Kier alpha value is -2.68. The number of hydrogen-bond acceptors (Lipinski definition) is 11. The number of aliphatic hydroxyl groups is 1. The van der Waals surface area contributed by atoms with Crippen LogP contribution in [0.4, 0.5) is 5.69 Å². The Morgan fingerprint density at radius 2 is 0.877 bits per heavy atom. The number of rotatable bonds is 59. The Labute approximate surface area is 498 Å². The van der Waals surface area contributed by atoms with E-state index in [4.69, 9.17) is 18.7 Å². The molecule has 0 spiro atoms. The Balaban J connectivity index is 2.97. The van der Waals surface area contributed by atoms with Crippen molar-refractivity contribution in [3.63, 3.8) is 0 Å². The molecule has 14 nitrogen and oxygen atoms in total. The second-order valence-corrected chi connectivity index (χ2v) is 24.9. The van der Waals surface area contributed by atoms with Crippen LogP contribution < -0.4 is 14.1 Å². The van der Waals surface area contributed by atoms with Crippen LogP contribution in [0.25, 0.3) is 0 Å². The number of unbranched alkanes of at least 4 members (excludes halogenated alkanes) is 36. The molecule has 4 N–H and O–H groups in total. The lowest BCUT2D eigenvalue weighted by Gasteiger charge is -2.26. The highest BCUT2D eigenvalue weighted by atomic mass is 32.2. The third-order valence-corrected chi connectivity index (χ3v) is 16.3. The molecule has 0 aliphatic heterocycles. The largest absolute Gasteiger partial charge is 0.524 e. The molecule has 81 heavy (non-hydrogen) atoms. The van der Waals surface area contributed by atoms with E-state index in [9.17, 15) is 38.6 Å². The van der Waals surface area contributed by atoms with Crippen LogP contribution in [0.15, 0.2) is 24.3 Å². The van der Waals surface area contributed by atoms with Crippen molar-refractivity contribution in [2.45, 2.75) is 341 Å². The van der Waals surface area contributed by atoms with E-state index in [2.05, 4.69) is 32.4 Å². The van der Waals surface area contributed by atoms with Gasteiger partial charge in [-0.2, -0.15) is 0 Å². The van der Waals surface area contributed by atoms with Gasteiger partial charge in [0.05, 0.1) is 19.4 Å². The van der Waals surface area contributed by atoms with Crippen molar-refractivity contribution < 1.29 is 57.4 Å². The van der Waals surface area contributed by atoms with E-state index in [1.807, 2.05) is 0 Å². The molecule has 472 valence electrons. The van der Waals surface area contributed by atoms with Gasteiger partial charge in [-0.05, 0) is 50.7 Å². The number of carbonyl (C=O) groups is 4. The zero-order valence-corrected chi connectivity index (χ0v) is 53.5. The summed E-state index contributed by atoms with van der Waals surface area (Å²) in [7, 11) is -4.93. The fourth-order valence-corrected chi connectivity index (χ4v) is 11.2. The number of nitrogens with zero attached hydrogens (tertiary/aromatic N) is 1. The van der Waals surface area contributed by atoms with E-state index in [1.54, 1.807) is 6.07 Å². The number of aliphatic hydroxyl groups excluding tert-OH is 1. The number of benzene rings is 1. The van der Waals surface area contributed by atoms with Crippen molar-refractivity contribution in [1.82, 2.24) is 4.72 Å². The average Bonchev–Trinajstić information content (AvgIpc) is 3.45. The fraction of sp³-hybridized carbons (Fsp3) is 0.846. The molecule has 1 rings (SSSR count). The minimum absolute atomic E-state index is 0.0554. The van der Waals surface area contributed by atoms with Crippen LogP contribution in [0, 0.1) is 0 Å². The maximum atomic E-state index is 14.4. The van der Waals surface area contributed by atoms with E-state index in [0.29, 0.717) is 31.2 Å². The molecule has 2 amide bonds. The topological polar surface area (TPSA) is 198 Å². The minimum atomic E-state index is -4.93. The SMILES string of the molecule is CCCCCCCCCCCCCC(=O)O[C@H](CCCCCCCCCCC)CC(=O)NSC(O)OCCN(C(=O)C[C@@H](CCCCCCCCCCC)OC(=O)CCCCCCCCCCCCC)c1cccc(OP(=O)(O)O)c1. The van der Waals surface area contributed by atoms with E-state index >= 15 is 0 Å². The van der Waals surface area contributed by atoms with Crippen molar-refractivity contribution in [2.75, 3.05) is 18.1 Å². The third-order valence-electron chi connectivity index (χ3n) is 15.1. The molecule has 0 fully saturated rings. The minimum Gasteiger partial charge on any atom is -0.462 e. The van der Waals surface area contributed by atoms with Gasteiger partial charge in [-0.15, -0.1) is 0 Å². The Bertz CT molecular complexity index is 1720. The first-order valence-corrected chi connectivity index (χ1v) is 35.5. The zero-order valence-electron chi connectivity index (χ0n) is 51.8. The van der Waals surface area contributed by atoms with Crippen molar-refractivity contribution in [3.8, 4) is 5.75 Å². The van der Waals surface area contributed by atoms with Crippen LogP contribution in [0.5, 0.6) is 5.75 Å². The van der Waals surface area contributed by atoms with E-state index in [-0.39, 0.29) is 55.8 Å². The first kappa shape index (κ1) is 76.3. The van der Waals surface area contributed by atoms with Gasteiger partial charge >= 0.3 is 19.8 Å². The van der Waals surface area contributed by atoms with Crippen LogP contribution in [0.3, 0.4) is 0 Å². The van der Waals surface area contributed by atoms with Crippen molar-refractivity contribution in [2.24, 2.45) is 0 Å². The lowest BCUT2D eigenvalue weighted by molar-refractivity contribution is -0.152. The summed E-state index contributed by atoms with van der Waals surface area (Å²) < 4.78 is 37.0. The van der Waals surface area contributed by atoms with Crippen LogP contribution in [-0.4, -0.2) is 69.6 Å². The summed E-state index contributed by atoms with van der Waals surface area (Å²) >= 11 is 0.661. The second-order valence-electron chi connectivity index (χ2n) is 22.9. The highest BCUT2D eigenvalue weighted by Crippen LogP contribution is 2.39. The molecular weight excluding hydrogens is 1060 g/mol. The van der Waals surface area contributed by atoms with Gasteiger partial charge in [0.1, 0.15) is 18.0 Å². The molecule has 0 radical (unpaired) electrons. The summed E-state index contributed by atoms with van der Waals surface area (Å²) in [6.07, 6.45) is 46.4. The van der Waals surface area contributed by atoms with Gasteiger partial charge in [-0.1, -0.05) is 265 Å². The second kappa shape index (κ2) is 54.0. The molecule has 0 aromatic heterocycles. The summed E-state index contributed by atoms with van der Waals surface area (Å²) in [5, 5.41) is 10.9. The van der Waals surface area contributed by atoms with Crippen LogP contribution in [-0.2, 0) is 38.0 Å². The molecule has 0 bridgehead atoms. The summed E-state index contributed by atoms with van der Waals surface area (Å²) in [5.41, 5.74) is -1.26. The predicted molar refractivity (Wildman–Crippen MR) is 334 cm³/mol. The molecule has 1 aromatic carbocycles. The van der Waals surface area contributed by atoms with Crippen LogP contribution in [0.1, 0.15) is 323 Å². The van der Waals surface area contributed by atoms with Gasteiger partial charge in [0.25, 0.3) is 0 Å². The number of ether oxygens (including phenoxy) is 3. The molecule has 1 unspecified atom stereocenters. The first-order chi connectivity index (χ1) is 39.3. The predicted octanol–water partition coefficient (Wildman–Crippen LogP) is 18.4. The Kier molecular flexibility index (Phi) is 50.9. The number of amides is 2. The number of anilines is 1. The number of hydrogen-bond donors (Lipinski definition) is 4. The maximum absolute atomic E-state index is 14.4. The highest BCUT2D eigenvalue weighted by molar-refractivity contribution is 7.98. The van der Waals surface area contributed by atoms with Gasteiger partial charge in [0.2, 0.25) is 17.4 Å². The summed E-state index contributed by atoms with van der Waals surface area (Å²) in [4.78, 5) is 74.6. The van der Waals surface area contributed by atoms with Crippen molar-refractivity contribution in [3.05, 3.63) is 24.3 Å². The molecule has 16 heteroatoms. The standard InChI is InChI=1S/C65H119N2O12PS/c1-5-9-13-17-21-25-27-31-35-39-43-50-63(70)77-58(47-41-37-33-29-23-19-15-11-7-3)55-61(68)66-81-65(72)76-53-52-67(57-46-45-49-60(54-57)79-80(73,74)75)62(69)56-59(48-42-38-34-30-24-20-16-12-8-4)78-64(71)51-44-40-36-32-28-26-22-18-14-10-6-2/h45-46,49,54,58-59,65,72H,5-44,47-48,50-53,55-56H2,1-4H3,(H,66,68)(H2,73,74,75)/t58-,59-,65?/m1/s1. The monoisotopic (exact) mass is 1180 g/mol. The van der Waals surface area contributed by atoms with Crippen molar-refractivity contribution in [1.29, 1.82) is 0 Å². The van der Waals surface area contributed by atoms with Crippen molar-refractivity contribution >= 4 is 49.2 Å². The normalized spacial score (nSPS) is 12.7. The lowest BCUT2D eigenvalue weighted by atomic mass is 10.0. The maximum Gasteiger partial charge on any atom is 0.524 e. The number of esters is 2. The van der Waals surface area contributed by atoms with Gasteiger partial charge < -0.3 is 28.7 Å². The van der Waals surface area contributed by atoms with Gasteiger partial charge in [-0.25, -0.2) is 4.57 Å². The van der Waals surface area contributed by atoms with Crippen LogP contribution >= 0.6 is 19.8 Å². The summed E-state index contributed by atoms with van der Waals surface area (Å²) in [5.74, 6) is -1.61. The highest BCUT2D eigenvalue weighted by Gasteiger charge is 2.26. The van der Waals surface area contributed by atoms with E-state index in [0.717, 1.165) is 89.9 Å². The lowest BCUT2D eigenvalue weighted by Crippen LogP contribution is -2.37. The molecule has 0 saturated carbocycles. The average molecular weight is 1180 g/mol. The number of nitrogens with one attached hydrogen (secondary N) is 1. The number of phosphoric ester groups is 1. The Morgan fingerprint density at radius 1 is 0.519 bits per heavy atom. The molecule has 0 saturated heterocycles. The van der Waals surface area contributed by atoms with Gasteiger partial charge in [-0.3, -0.25) is 33.7 Å². The van der Waals surface area contributed by atoms with Crippen LogP contribution in [0.2, 0.25) is 0 Å². The Morgan fingerprint density at radius 3 is 1.26 bits per heavy atom.